The summed E-state index contributed by atoms with van der Waals surface area (Å²) in [5.41, 5.74) is 0.508. The predicted molar refractivity (Wildman–Crippen MR) is 73.8 cm³/mol. The SMILES string of the molecule is CC1CNC2(CCC(C(C)(C)C)CC2)SC1. The van der Waals surface area contributed by atoms with Crippen molar-refractivity contribution in [1.82, 2.24) is 5.32 Å². The van der Waals surface area contributed by atoms with Crippen LogP contribution in [-0.4, -0.2) is 17.2 Å². The molecular formula is C14H27NS. The van der Waals surface area contributed by atoms with Crippen LogP contribution < -0.4 is 5.32 Å². The van der Waals surface area contributed by atoms with Gasteiger partial charge in [0, 0.05) is 0 Å². The fourth-order valence-corrected chi connectivity index (χ4v) is 4.47. The van der Waals surface area contributed by atoms with Crippen LogP contribution in [0.4, 0.5) is 0 Å². The minimum absolute atomic E-state index is 0.453. The van der Waals surface area contributed by atoms with E-state index in [2.05, 4.69) is 44.8 Å². The lowest BCUT2D eigenvalue weighted by atomic mass is 9.71. The smallest absolute Gasteiger partial charge is 0.0645 e. The number of thioether (sulfide) groups is 1. The minimum atomic E-state index is 0.453. The van der Waals surface area contributed by atoms with Crippen LogP contribution in [0.25, 0.3) is 0 Å². The number of hydrogen-bond acceptors (Lipinski definition) is 2. The van der Waals surface area contributed by atoms with Crippen LogP contribution in [0.1, 0.15) is 53.4 Å². The Hall–Kier alpha value is 0.310. The van der Waals surface area contributed by atoms with Gasteiger partial charge in [0.15, 0.2) is 0 Å². The monoisotopic (exact) mass is 241 g/mol. The first-order valence-electron chi connectivity index (χ1n) is 6.80. The highest BCUT2D eigenvalue weighted by Gasteiger charge is 2.40. The van der Waals surface area contributed by atoms with Gasteiger partial charge in [-0.2, -0.15) is 0 Å². The zero-order valence-electron chi connectivity index (χ0n) is 11.3. The summed E-state index contributed by atoms with van der Waals surface area (Å²) >= 11 is 2.20. The van der Waals surface area contributed by atoms with Crippen molar-refractivity contribution in [2.24, 2.45) is 17.3 Å². The van der Waals surface area contributed by atoms with Crippen LogP contribution in [0, 0.1) is 17.3 Å². The highest BCUT2D eigenvalue weighted by molar-refractivity contribution is 8.00. The van der Waals surface area contributed by atoms with Crippen molar-refractivity contribution in [3.05, 3.63) is 0 Å². The van der Waals surface area contributed by atoms with Gasteiger partial charge in [-0.15, -0.1) is 11.8 Å². The molecule has 0 bridgehead atoms. The summed E-state index contributed by atoms with van der Waals surface area (Å²) in [7, 11) is 0. The lowest BCUT2D eigenvalue weighted by Crippen LogP contribution is -2.51. The van der Waals surface area contributed by atoms with Gasteiger partial charge >= 0.3 is 0 Å². The molecule has 2 fully saturated rings. The molecule has 1 spiro atoms. The Morgan fingerprint density at radius 2 is 1.81 bits per heavy atom. The van der Waals surface area contributed by atoms with Crippen molar-refractivity contribution < 1.29 is 0 Å². The van der Waals surface area contributed by atoms with Crippen molar-refractivity contribution in [1.29, 1.82) is 0 Å². The summed E-state index contributed by atoms with van der Waals surface area (Å²) in [5, 5.41) is 3.82. The van der Waals surface area contributed by atoms with Gasteiger partial charge in [-0.3, -0.25) is 0 Å². The first-order valence-corrected chi connectivity index (χ1v) is 7.79. The van der Waals surface area contributed by atoms with Crippen molar-refractivity contribution in [2.75, 3.05) is 12.3 Å². The van der Waals surface area contributed by atoms with E-state index >= 15 is 0 Å². The van der Waals surface area contributed by atoms with Gasteiger partial charge in [0.25, 0.3) is 0 Å². The standard InChI is InChI=1S/C14H27NS/c1-11-9-15-14(16-10-11)7-5-12(6-8-14)13(2,3)4/h11-12,15H,5-10H2,1-4H3. The Morgan fingerprint density at radius 1 is 1.19 bits per heavy atom. The zero-order valence-corrected chi connectivity index (χ0v) is 12.1. The average Bonchev–Trinajstić information content (AvgIpc) is 2.22. The Morgan fingerprint density at radius 3 is 2.25 bits per heavy atom. The van der Waals surface area contributed by atoms with Crippen LogP contribution in [0.2, 0.25) is 0 Å². The minimum Gasteiger partial charge on any atom is -0.303 e. The van der Waals surface area contributed by atoms with Crippen molar-refractivity contribution in [2.45, 2.75) is 58.2 Å². The summed E-state index contributed by atoms with van der Waals surface area (Å²) in [5.74, 6) is 3.14. The molecule has 1 heterocycles. The maximum atomic E-state index is 3.82. The van der Waals surface area contributed by atoms with Crippen molar-refractivity contribution in [3.63, 3.8) is 0 Å². The fraction of sp³-hybridized carbons (Fsp3) is 1.00. The summed E-state index contributed by atoms with van der Waals surface area (Å²) < 4.78 is 0. The molecular weight excluding hydrogens is 214 g/mol. The van der Waals surface area contributed by atoms with E-state index in [4.69, 9.17) is 0 Å². The Kier molecular flexibility index (Phi) is 3.61. The third kappa shape index (κ3) is 2.76. The second-order valence-corrected chi connectivity index (χ2v) is 8.34. The summed E-state index contributed by atoms with van der Waals surface area (Å²) in [6, 6.07) is 0. The molecule has 0 aromatic heterocycles. The third-order valence-electron chi connectivity index (χ3n) is 4.43. The quantitative estimate of drug-likeness (QED) is 0.690. The molecule has 2 aliphatic rings. The van der Waals surface area contributed by atoms with Crippen LogP contribution >= 0.6 is 11.8 Å². The van der Waals surface area contributed by atoms with E-state index in [0.717, 1.165) is 11.8 Å². The van der Waals surface area contributed by atoms with E-state index in [-0.39, 0.29) is 0 Å². The van der Waals surface area contributed by atoms with Gasteiger partial charge in [0.05, 0.1) is 4.87 Å². The van der Waals surface area contributed by atoms with E-state index < -0.39 is 0 Å². The Labute approximate surface area is 105 Å². The van der Waals surface area contributed by atoms with Gasteiger partial charge in [0.1, 0.15) is 0 Å². The number of hydrogen-bond donors (Lipinski definition) is 1. The molecule has 1 N–H and O–H groups in total. The molecule has 94 valence electrons. The summed E-state index contributed by atoms with van der Waals surface area (Å²) in [6.07, 6.45) is 5.59. The van der Waals surface area contributed by atoms with E-state index in [1.54, 1.807) is 0 Å². The summed E-state index contributed by atoms with van der Waals surface area (Å²) in [6.45, 7) is 10.8. The third-order valence-corrected chi connectivity index (χ3v) is 6.28. The van der Waals surface area contributed by atoms with Gasteiger partial charge in [-0.25, -0.2) is 0 Å². The molecule has 2 rings (SSSR count). The Balaban J connectivity index is 1.89. The molecule has 1 nitrogen and oxygen atoms in total. The van der Waals surface area contributed by atoms with E-state index in [1.807, 2.05) is 0 Å². The molecule has 0 amide bonds. The maximum Gasteiger partial charge on any atom is 0.0645 e. The fourth-order valence-electron chi connectivity index (χ4n) is 3.04. The second kappa shape index (κ2) is 4.53. The van der Waals surface area contributed by atoms with Gasteiger partial charge in [0.2, 0.25) is 0 Å². The highest BCUT2D eigenvalue weighted by atomic mass is 32.2. The average molecular weight is 241 g/mol. The van der Waals surface area contributed by atoms with Crippen LogP contribution in [0.5, 0.6) is 0 Å². The molecule has 1 aliphatic heterocycles. The largest absolute Gasteiger partial charge is 0.303 e. The molecule has 0 aromatic rings. The first-order chi connectivity index (χ1) is 7.41. The highest BCUT2D eigenvalue weighted by Crippen LogP contribution is 2.47. The van der Waals surface area contributed by atoms with Gasteiger partial charge < -0.3 is 5.32 Å². The van der Waals surface area contributed by atoms with E-state index in [9.17, 15) is 0 Å². The topological polar surface area (TPSA) is 12.0 Å². The normalized spacial score (nSPS) is 41.2. The van der Waals surface area contributed by atoms with E-state index in [1.165, 1.54) is 38.0 Å². The van der Waals surface area contributed by atoms with E-state index in [0.29, 0.717) is 10.3 Å². The second-order valence-electron chi connectivity index (χ2n) is 6.93. The maximum absolute atomic E-state index is 3.82. The molecule has 16 heavy (non-hydrogen) atoms. The van der Waals surface area contributed by atoms with Crippen molar-refractivity contribution >= 4 is 11.8 Å². The first kappa shape index (κ1) is 12.8. The van der Waals surface area contributed by atoms with Gasteiger partial charge in [-0.05, 0) is 55.2 Å². The van der Waals surface area contributed by atoms with Gasteiger partial charge in [-0.1, -0.05) is 27.7 Å². The molecule has 1 unspecified atom stereocenters. The van der Waals surface area contributed by atoms with Crippen LogP contribution in [0.15, 0.2) is 0 Å². The predicted octanol–water partition coefficient (Wildman–Crippen LogP) is 3.89. The Bertz CT molecular complexity index is 226. The molecule has 0 aromatic carbocycles. The zero-order chi connectivity index (χ0) is 11.8. The molecule has 1 saturated heterocycles. The van der Waals surface area contributed by atoms with Crippen LogP contribution in [-0.2, 0) is 0 Å². The molecule has 1 saturated carbocycles. The lowest BCUT2D eigenvalue weighted by molar-refractivity contribution is 0.147. The number of nitrogens with one attached hydrogen (secondary N) is 1. The molecule has 1 atom stereocenters. The summed E-state index contributed by atoms with van der Waals surface area (Å²) in [4.78, 5) is 0.453. The number of rotatable bonds is 0. The molecule has 1 aliphatic carbocycles. The lowest BCUT2D eigenvalue weighted by Gasteiger charge is -2.47. The molecule has 2 heteroatoms. The molecule has 0 radical (unpaired) electrons. The van der Waals surface area contributed by atoms with Crippen molar-refractivity contribution in [3.8, 4) is 0 Å². The van der Waals surface area contributed by atoms with Crippen LogP contribution in [0.3, 0.4) is 0 Å².